The number of nitrogens with one attached hydrogen (secondary N) is 1. The number of fused-ring (bicyclic) bond motifs is 2. The van der Waals surface area contributed by atoms with Crippen LogP contribution in [-0.2, 0) is 0 Å². The molecule has 0 bridgehead atoms. The molecule has 1 saturated carbocycles. The normalized spacial score (nSPS) is 28.8. The summed E-state index contributed by atoms with van der Waals surface area (Å²) in [6.45, 7) is 3.85. The van der Waals surface area contributed by atoms with Crippen molar-refractivity contribution in [1.82, 2.24) is 5.32 Å². The smallest absolute Gasteiger partial charge is 0.0472 e. The first kappa shape index (κ1) is 25.2. The van der Waals surface area contributed by atoms with Crippen molar-refractivity contribution in [2.75, 3.05) is 0 Å². The lowest BCUT2D eigenvalue weighted by molar-refractivity contribution is 0.196. The summed E-state index contributed by atoms with van der Waals surface area (Å²) in [5.74, 6) is 2.07. The molecule has 1 nitrogen and oxygen atoms in total. The van der Waals surface area contributed by atoms with Gasteiger partial charge in [-0.15, -0.1) is 0 Å². The van der Waals surface area contributed by atoms with Crippen LogP contribution in [0.4, 0.5) is 0 Å². The lowest BCUT2D eigenvalue weighted by atomic mass is 9.70. The SMILES string of the molecule is C=C/C=C\CC1=c2ccccc2=C(C2CC=C(C3=CC=CCC3)C=C2NC2C=CCC3CCCCC32)CC1. The first-order valence-electron chi connectivity index (χ1n) is 15.1. The number of hydrogen-bond donors (Lipinski definition) is 1. The van der Waals surface area contributed by atoms with Gasteiger partial charge in [0, 0.05) is 17.7 Å². The highest BCUT2D eigenvalue weighted by atomic mass is 14.9. The summed E-state index contributed by atoms with van der Waals surface area (Å²) in [6, 6.07) is 9.64. The third-order valence-electron chi connectivity index (χ3n) is 9.60. The van der Waals surface area contributed by atoms with Gasteiger partial charge in [-0.05, 0) is 97.3 Å². The number of benzene rings is 1. The molecule has 0 aliphatic heterocycles. The van der Waals surface area contributed by atoms with Gasteiger partial charge in [0.2, 0.25) is 0 Å². The summed E-state index contributed by atoms with van der Waals surface area (Å²) in [4.78, 5) is 0. The van der Waals surface area contributed by atoms with Gasteiger partial charge in [-0.25, -0.2) is 0 Å². The molecule has 0 heterocycles. The van der Waals surface area contributed by atoms with Gasteiger partial charge in [-0.1, -0.05) is 110 Å². The number of hydrogen-bond acceptors (Lipinski definition) is 1. The van der Waals surface area contributed by atoms with Crippen LogP contribution >= 0.6 is 0 Å². The summed E-state index contributed by atoms with van der Waals surface area (Å²) in [5, 5.41) is 7.13. The Morgan fingerprint density at radius 3 is 2.74 bits per heavy atom. The maximum Gasteiger partial charge on any atom is 0.0472 e. The van der Waals surface area contributed by atoms with E-state index in [0.717, 1.165) is 50.4 Å². The van der Waals surface area contributed by atoms with Gasteiger partial charge in [0.25, 0.3) is 0 Å². The predicted octanol–water partition coefficient (Wildman–Crippen LogP) is 7.75. The molecule has 1 fully saturated rings. The minimum atomic E-state index is 0.433. The van der Waals surface area contributed by atoms with Crippen molar-refractivity contribution in [3.8, 4) is 0 Å². The average Bonchev–Trinajstić information content (AvgIpc) is 2.98. The second kappa shape index (κ2) is 11.8. The molecule has 0 saturated heterocycles. The average molecular weight is 502 g/mol. The van der Waals surface area contributed by atoms with E-state index in [-0.39, 0.29) is 0 Å². The molecule has 0 radical (unpaired) electrons. The third kappa shape index (κ3) is 5.26. The first-order chi connectivity index (χ1) is 18.8. The van der Waals surface area contributed by atoms with E-state index in [1.807, 2.05) is 6.08 Å². The molecule has 0 spiro atoms. The Labute approximate surface area is 229 Å². The Morgan fingerprint density at radius 2 is 1.87 bits per heavy atom. The molecular formula is C37H43N. The van der Waals surface area contributed by atoms with Gasteiger partial charge in [-0.2, -0.15) is 0 Å². The van der Waals surface area contributed by atoms with E-state index in [1.54, 1.807) is 11.1 Å². The van der Waals surface area contributed by atoms with Crippen molar-refractivity contribution < 1.29 is 0 Å². The number of allylic oxidation sites excluding steroid dienone is 12. The quantitative estimate of drug-likeness (QED) is 0.298. The van der Waals surface area contributed by atoms with E-state index in [9.17, 15) is 0 Å². The largest absolute Gasteiger partial charge is 0.381 e. The van der Waals surface area contributed by atoms with Crippen LogP contribution in [0.5, 0.6) is 0 Å². The molecule has 0 aromatic heterocycles. The molecule has 1 heteroatoms. The fraction of sp³-hybridized carbons (Fsp3) is 0.405. The fourth-order valence-corrected chi connectivity index (χ4v) is 7.64. The minimum Gasteiger partial charge on any atom is -0.381 e. The van der Waals surface area contributed by atoms with Crippen LogP contribution < -0.4 is 15.8 Å². The highest BCUT2D eigenvalue weighted by molar-refractivity contribution is 5.64. The third-order valence-corrected chi connectivity index (χ3v) is 9.60. The summed E-state index contributed by atoms with van der Waals surface area (Å²) < 4.78 is 0. The second-order valence-electron chi connectivity index (χ2n) is 11.8. The standard InChI is InChI=1S/C37H43N/c1-2-3-5-15-29-22-24-34(33-20-11-10-18-31(29)33)35-25-23-30(27-13-6-4-7-14-27)26-37(35)38-36-21-12-17-28-16-8-9-19-32(28)36/h2-6,10-13,18,20-21,23,26,28,32,35-36,38H,1,7-9,14-17,19,22,24-25H2/b5-3-. The van der Waals surface area contributed by atoms with Crippen molar-refractivity contribution in [2.45, 2.75) is 76.7 Å². The molecule has 1 N–H and O–H groups in total. The Kier molecular flexibility index (Phi) is 7.81. The molecule has 196 valence electrons. The van der Waals surface area contributed by atoms with Crippen LogP contribution in [0.15, 0.2) is 108 Å². The zero-order chi connectivity index (χ0) is 25.7. The van der Waals surface area contributed by atoms with Crippen LogP contribution in [0.1, 0.15) is 70.6 Å². The van der Waals surface area contributed by atoms with Crippen LogP contribution in [-0.4, -0.2) is 6.04 Å². The Hall–Kier alpha value is -3.06. The van der Waals surface area contributed by atoms with Gasteiger partial charge in [-0.3, -0.25) is 0 Å². The van der Waals surface area contributed by atoms with Crippen molar-refractivity contribution in [3.05, 3.63) is 119 Å². The maximum atomic E-state index is 4.20. The Morgan fingerprint density at radius 1 is 0.974 bits per heavy atom. The van der Waals surface area contributed by atoms with Crippen molar-refractivity contribution >= 4 is 11.1 Å². The Bertz CT molecular complexity index is 1360. The molecule has 1 aromatic rings. The monoisotopic (exact) mass is 501 g/mol. The highest BCUT2D eigenvalue weighted by Crippen LogP contribution is 2.41. The molecule has 0 amide bonds. The highest BCUT2D eigenvalue weighted by Gasteiger charge is 2.34. The molecule has 1 aromatic carbocycles. The zero-order valence-electron chi connectivity index (χ0n) is 22.9. The second-order valence-corrected chi connectivity index (χ2v) is 11.8. The van der Waals surface area contributed by atoms with Gasteiger partial charge >= 0.3 is 0 Å². The molecule has 5 aliphatic carbocycles. The molecular weight excluding hydrogens is 458 g/mol. The van der Waals surface area contributed by atoms with Gasteiger partial charge < -0.3 is 5.32 Å². The molecule has 4 atom stereocenters. The van der Waals surface area contributed by atoms with E-state index in [4.69, 9.17) is 0 Å². The molecule has 38 heavy (non-hydrogen) atoms. The summed E-state index contributed by atoms with van der Waals surface area (Å²) in [5.41, 5.74) is 7.59. The fourth-order valence-electron chi connectivity index (χ4n) is 7.64. The summed E-state index contributed by atoms with van der Waals surface area (Å²) in [6.07, 6.45) is 36.7. The first-order valence-corrected chi connectivity index (χ1v) is 15.1. The molecule has 4 unspecified atom stereocenters. The van der Waals surface area contributed by atoms with Crippen LogP contribution in [0.3, 0.4) is 0 Å². The molecule has 5 aliphatic rings. The van der Waals surface area contributed by atoms with E-state index in [2.05, 4.69) is 90.8 Å². The van der Waals surface area contributed by atoms with Gasteiger partial charge in [0.15, 0.2) is 0 Å². The lowest BCUT2D eigenvalue weighted by Crippen LogP contribution is -2.44. The Balaban J connectivity index is 1.39. The summed E-state index contributed by atoms with van der Waals surface area (Å²) >= 11 is 0. The molecule has 6 rings (SSSR count). The van der Waals surface area contributed by atoms with Crippen LogP contribution in [0, 0.1) is 17.8 Å². The predicted molar refractivity (Wildman–Crippen MR) is 163 cm³/mol. The van der Waals surface area contributed by atoms with Crippen molar-refractivity contribution in [2.24, 2.45) is 17.8 Å². The van der Waals surface area contributed by atoms with Crippen LogP contribution in [0.2, 0.25) is 0 Å². The van der Waals surface area contributed by atoms with Gasteiger partial charge in [0.1, 0.15) is 0 Å². The van der Waals surface area contributed by atoms with Crippen LogP contribution in [0.25, 0.3) is 11.1 Å². The van der Waals surface area contributed by atoms with Crippen molar-refractivity contribution in [1.29, 1.82) is 0 Å². The zero-order valence-corrected chi connectivity index (χ0v) is 22.9. The topological polar surface area (TPSA) is 12.0 Å². The van der Waals surface area contributed by atoms with E-state index >= 15 is 0 Å². The number of rotatable bonds is 7. The maximum absolute atomic E-state index is 4.20. The van der Waals surface area contributed by atoms with E-state index in [1.165, 1.54) is 59.4 Å². The summed E-state index contributed by atoms with van der Waals surface area (Å²) in [7, 11) is 0. The van der Waals surface area contributed by atoms with E-state index < -0.39 is 0 Å². The van der Waals surface area contributed by atoms with E-state index in [0.29, 0.717) is 12.0 Å². The minimum absolute atomic E-state index is 0.433. The lowest BCUT2D eigenvalue weighted by Gasteiger charge is -2.41. The van der Waals surface area contributed by atoms with Gasteiger partial charge in [0.05, 0.1) is 0 Å². The van der Waals surface area contributed by atoms with Crippen molar-refractivity contribution in [3.63, 3.8) is 0 Å².